The number of nitrogens with one attached hydrogen (secondary N) is 2. The van der Waals surface area contributed by atoms with Crippen molar-refractivity contribution in [1.82, 2.24) is 14.9 Å². The van der Waals surface area contributed by atoms with Crippen molar-refractivity contribution in [2.75, 3.05) is 15.9 Å². The Labute approximate surface area is 237 Å². The molecule has 0 saturated carbocycles. The predicted molar refractivity (Wildman–Crippen MR) is 161 cm³/mol. The van der Waals surface area contributed by atoms with Gasteiger partial charge in [-0.3, -0.25) is 9.71 Å². The lowest BCUT2D eigenvalue weighted by Crippen LogP contribution is -2.29. The van der Waals surface area contributed by atoms with Crippen LogP contribution in [0.4, 0.5) is 11.4 Å². The van der Waals surface area contributed by atoms with Crippen LogP contribution in [-0.2, 0) is 10.0 Å². The molecule has 2 aromatic heterocycles. The van der Waals surface area contributed by atoms with Crippen LogP contribution in [0.15, 0.2) is 77.4 Å². The molecule has 1 aliphatic rings. The normalized spacial score (nSPS) is 17.5. The number of benzene rings is 2. The largest absolute Gasteiger partial charge is 0.351 e. The number of anilines is 2. The number of rotatable bonds is 6. The first-order chi connectivity index (χ1) is 18.0. The zero-order chi connectivity index (χ0) is 27.2. The van der Waals surface area contributed by atoms with Crippen LogP contribution in [-0.4, -0.2) is 29.3 Å². The van der Waals surface area contributed by atoms with Crippen molar-refractivity contribution in [1.29, 1.82) is 0 Å². The number of nitrogens with zero attached hydrogens (tertiary/aromatic N) is 3. The van der Waals surface area contributed by atoms with E-state index in [1.165, 1.54) is 0 Å². The first-order valence-electron chi connectivity index (χ1n) is 12.1. The van der Waals surface area contributed by atoms with Crippen molar-refractivity contribution in [3.63, 3.8) is 0 Å². The lowest BCUT2D eigenvalue weighted by Gasteiger charge is -2.29. The molecule has 0 aliphatic carbocycles. The van der Waals surface area contributed by atoms with Gasteiger partial charge >= 0.3 is 0 Å². The van der Waals surface area contributed by atoms with E-state index in [0.29, 0.717) is 10.8 Å². The monoisotopic (exact) mass is 609 g/mol. The molecule has 2 aromatic carbocycles. The Morgan fingerprint density at radius 3 is 2.34 bits per heavy atom. The number of hydrogen-bond donors (Lipinski definition) is 2. The summed E-state index contributed by atoms with van der Waals surface area (Å²) in [4.78, 5) is 6.77. The van der Waals surface area contributed by atoms with Crippen LogP contribution < -0.4 is 14.9 Å². The second kappa shape index (κ2) is 10.2. The third kappa shape index (κ3) is 5.08. The van der Waals surface area contributed by atoms with Crippen molar-refractivity contribution in [2.24, 2.45) is 0 Å². The summed E-state index contributed by atoms with van der Waals surface area (Å²) in [5.74, 6) is 0. The van der Waals surface area contributed by atoms with E-state index in [1.54, 1.807) is 12.3 Å². The number of aryl methyl sites for hydroxylation is 2. The van der Waals surface area contributed by atoms with Gasteiger partial charge in [-0.1, -0.05) is 22.0 Å². The summed E-state index contributed by atoms with van der Waals surface area (Å²) in [6.45, 7) is 6.12. The van der Waals surface area contributed by atoms with Crippen LogP contribution in [0.2, 0.25) is 0 Å². The SMILES string of the molecule is Cc1cc(N2C(=S)N[C@@H](c3ccccn3)[C@H]2c2cc(C)n(-c3ccc(Br)cc3)c2C)ccc1NS(C)(=O)=O. The molecule has 2 atom stereocenters. The maximum absolute atomic E-state index is 11.8. The van der Waals surface area contributed by atoms with E-state index in [1.807, 2.05) is 49.4 Å². The lowest BCUT2D eigenvalue weighted by atomic mass is 9.96. The summed E-state index contributed by atoms with van der Waals surface area (Å²) in [5, 5.41) is 4.10. The van der Waals surface area contributed by atoms with E-state index in [2.05, 4.69) is 72.5 Å². The fraction of sp³-hybridized carbons (Fsp3) is 0.214. The minimum atomic E-state index is -3.39. The summed E-state index contributed by atoms with van der Waals surface area (Å²) < 4.78 is 29.5. The van der Waals surface area contributed by atoms with Gasteiger partial charge < -0.3 is 14.8 Å². The second-order valence-electron chi connectivity index (χ2n) is 9.51. The molecule has 0 bridgehead atoms. The van der Waals surface area contributed by atoms with Gasteiger partial charge in [-0.25, -0.2) is 8.42 Å². The summed E-state index contributed by atoms with van der Waals surface area (Å²) in [5.41, 5.74) is 7.54. The van der Waals surface area contributed by atoms with E-state index in [9.17, 15) is 8.42 Å². The standard InChI is InChI=1S/C28H28BrN5O2S2/c1-17-15-22(12-13-24(17)32-38(4,35)36)34-27(26(31-28(34)37)25-7-5-6-14-30-25)23-16-18(2)33(19(23)3)21-10-8-20(29)9-11-21/h5-16,26-27,32H,1-4H3,(H,31,37)/t26-,27+/m0/s1. The molecule has 7 nitrogen and oxygen atoms in total. The molecule has 2 N–H and O–H groups in total. The fourth-order valence-electron chi connectivity index (χ4n) is 5.14. The van der Waals surface area contributed by atoms with Crippen molar-refractivity contribution >= 4 is 54.7 Å². The van der Waals surface area contributed by atoms with E-state index < -0.39 is 10.0 Å². The van der Waals surface area contributed by atoms with Crippen molar-refractivity contribution in [3.05, 3.63) is 106 Å². The number of pyridine rings is 1. The summed E-state index contributed by atoms with van der Waals surface area (Å²) in [6.07, 6.45) is 2.94. The Hall–Kier alpha value is -3.21. The highest BCUT2D eigenvalue weighted by Gasteiger charge is 2.42. The van der Waals surface area contributed by atoms with E-state index in [4.69, 9.17) is 12.2 Å². The molecule has 10 heteroatoms. The summed E-state index contributed by atoms with van der Waals surface area (Å²) in [7, 11) is -3.39. The summed E-state index contributed by atoms with van der Waals surface area (Å²) >= 11 is 9.43. The fourth-order valence-corrected chi connectivity index (χ4v) is 6.37. The highest BCUT2D eigenvalue weighted by molar-refractivity contribution is 9.10. The van der Waals surface area contributed by atoms with Crippen LogP contribution in [0.5, 0.6) is 0 Å². The smallest absolute Gasteiger partial charge is 0.229 e. The first kappa shape index (κ1) is 26.4. The molecule has 3 heterocycles. The zero-order valence-corrected chi connectivity index (χ0v) is 24.7. The zero-order valence-electron chi connectivity index (χ0n) is 21.4. The minimum Gasteiger partial charge on any atom is -0.351 e. The van der Waals surface area contributed by atoms with Crippen molar-refractivity contribution in [3.8, 4) is 5.69 Å². The van der Waals surface area contributed by atoms with E-state index >= 15 is 0 Å². The van der Waals surface area contributed by atoms with Crippen LogP contribution >= 0.6 is 28.1 Å². The number of aromatic nitrogens is 2. The molecule has 196 valence electrons. The van der Waals surface area contributed by atoms with Gasteiger partial charge in [-0.2, -0.15) is 0 Å². The average molecular weight is 611 g/mol. The van der Waals surface area contributed by atoms with Gasteiger partial charge in [-0.05, 0) is 105 Å². The average Bonchev–Trinajstić information content (AvgIpc) is 3.36. The van der Waals surface area contributed by atoms with Gasteiger partial charge in [0.15, 0.2) is 5.11 Å². The molecule has 0 unspecified atom stereocenters. The Bertz CT molecular complexity index is 1620. The number of sulfonamides is 1. The molecule has 5 rings (SSSR count). The van der Waals surface area contributed by atoms with Gasteiger partial charge in [-0.15, -0.1) is 0 Å². The van der Waals surface area contributed by atoms with Crippen LogP contribution in [0, 0.1) is 20.8 Å². The maximum atomic E-state index is 11.8. The molecule has 4 aromatic rings. The maximum Gasteiger partial charge on any atom is 0.229 e. The molecule has 1 aliphatic heterocycles. The number of hydrogen-bond acceptors (Lipinski definition) is 4. The Morgan fingerprint density at radius 1 is 1.00 bits per heavy atom. The predicted octanol–water partition coefficient (Wildman–Crippen LogP) is 6.11. The van der Waals surface area contributed by atoms with Gasteiger partial charge in [0.05, 0.1) is 29.7 Å². The summed E-state index contributed by atoms with van der Waals surface area (Å²) in [6, 6.07) is 21.7. The number of thiocarbonyl (C=S) groups is 1. The molecule has 1 saturated heterocycles. The Kier molecular flexibility index (Phi) is 7.06. The van der Waals surface area contributed by atoms with Gasteiger partial charge in [0.25, 0.3) is 0 Å². The highest BCUT2D eigenvalue weighted by atomic mass is 79.9. The third-order valence-electron chi connectivity index (χ3n) is 6.76. The Morgan fingerprint density at radius 2 is 1.71 bits per heavy atom. The molecule has 38 heavy (non-hydrogen) atoms. The van der Waals surface area contributed by atoms with Crippen LogP contribution in [0.1, 0.15) is 40.3 Å². The van der Waals surface area contributed by atoms with Crippen molar-refractivity contribution < 1.29 is 8.42 Å². The van der Waals surface area contributed by atoms with Gasteiger partial charge in [0.2, 0.25) is 10.0 Å². The van der Waals surface area contributed by atoms with Gasteiger partial charge in [0.1, 0.15) is 0 Å². The van der Waals surface area contributed by atoms with E-state index in [0.717, 1.165) is 50.3 Å². The third-order valence-corrected chi connectivity index (χ3v) is 8.19. The van der Waals surface area contributed by atoms with Crippen LogP contribution in [0.25, 0.3) is 5.69 Å². The molecule has 0 radical (unpaired) electrons. The number of halogens is 1. The van der Waals surface area contributed by atoms with Crippen molar-refractivity contribution in [2.45, 2.75) is 32.9 Å². The van der Waals surface area contributed by atoms with Crippen LogP contribution in [0.3, 0.4) is 0 Å². The molecule has 0 spiro atoms. The molecule has 0 amide bonds. The first-order valence-corrected chi connectivity index (χ1v) is 15.2. The van der Waals surface area contributed by atoms with Gasteiger partial charge in [0, 0.05) is 33.4 Å². The quantitative estimate of drug-likeness (QED) is 0.257. The topological polar surface area (TPSA) is 79.3 Å². The minimum absolute atomic E-state index is 0.180. The Balaban J connectivity index is 1.65. The molecular weight excluding hydrogens is 582 g/mol. The highest BCUT2D eigenvalue weighted by Crippen LogP contribution is 2.44. The van der Waals surface area contributed by atoms with E-state index in [-0.39, 0.29) is 12.1 Å². The second-order valence-corrected chi connectivity index (χ2v) is 12.6. The lowest BCUT2D eigenvalue weighted by molar-refractivity contribution is 0.565. The molecule has 1 fully saturated rings. The molecular formula is C28H28BrN5O2S2.